The van der Waals surface area contributed by atoms with Crippen LogP contribution in [0.3, 0.4) is 0 Å². The molecular formula is C20H18S. The highest BCUT2D eigenvalue weighted by Gasteiger charge is 1.93. The standard InChI is InChI=1S/C11H10.C9H8S/c1-9-6-7-10-4-2-3-5-11(10)8-9;1-7-6-8-4-2-3-5-9(8)10-7/h2-8H,1H3;2-6H,1H3. The third-order valence-corrected chi connectivity index (χ3v) is 4.49. The summed E-state index contributed by atoms with van der Waals surface area (Å²) in [5, 5.41) is 4.01. The summed E-state index contributed by atoms with van der Waals surface area (Å²) in [6, 6.07) is 25.6. The molecule has 0 unspecified atom stereocenters. The molecule has 0 saturated carbocycles. The molecule has 0 fully saturated rings. The van der Waals surface area contributed by atoms with Gasteiger partial charge in [-0.25, -0.2) is 0 Å². The highest BCUT2D eigenvalue weighted by molar-refractivity contribution is 7.19. The summed E-state index contributed by atoms with van der Waals surface area (Å²) in [6.45, 7) is 4.26. The minimum absolute atomic E-state index is 1.32. The van der Waals surface area contributed by atoms with Crippen LogP contribution in [0.4, 0.5) is 0 Å². The Morgan fingerprint density at radius 3 is 2.05 bits per heavy atom. The Bertz CT molecular complexity index is 838. The number of aryl methyl sites for hydroxylation is 2. The summed E-state index contributed by atoms with van der Waals surface area (Å²) in [5.41, 5.74) is 1.32. The molecule has 21 heavy (non-hydrogen) atoms. The molecule has 0 amide bonds. The largest absolute Gasteiger partial charge is 0.141 e. The maximum Gasteiger partial charge on any atom is 0.0345 e. The van der Waals surface area contributed by atoms with E-state index in [1.165, 1.54) is 31.3 Å². The molecule has 0 saturated heterocycles. The molecule has 4 aromatic rings. The third-order valence-electron chi connectivity index (χ3n) is 3.45. The van der Waals surface area contributed by atoms with E-state index < -0.39 is 0 Å². The lowest BCUT2D eigenvalue weighted by Gasteiger charge is -1.96. The van der Waals surface area contributed by atoms with Crippen molar-refractivity contribution in [2.45, 2.75) is 13.8 Å². The maximum absolute atomic E-state index is 2.22. The molecule has 104 valence electrons. The van der Waals surface area contributed by atoms with E-state index in [-0.39, 0.29) is 0 Å². The summed E-state index contributed by atoms with van der Waals surface area (Å²) in [4.78, 5) is 1.39. The first-order chi connectivity index (χ1) is 10.2. The van der Waals surface area contributed by atoms with Gasteiger partial charge in [-0.15, -0.1) is 11.3 Å². The number of thiophene rings is 1. The molecule has 0 radical (unpaired) electrons. The molecular weight excluding hydrogens is 272 g/mol. The van der Waals surface area contributed by atoms with Crippen LogP contribution in [0.25, 0.3) is 20.9 Å². The molecule has 3 aromatic carbocycles. The van der Waals surface area contributed by atoms with Crippen molar-refractivity contribution in [2.75, 3.05) is 0 Å². The second-order valence-electron chi connectivity index (χ2n) is 5.25. The van der Waals surface area contributed by atoms with Crippen LogP contribution in [0.15, 0.2) is 72.8 Å². The van der Waals surface area contributed by atoms with Crippen molar-refractivity contribution >= 4 is 32.2 Å². The van der Waals surface area contributed by atoms with Gasteiger partial charge in [0.25, 0.3) is 0 Å². The lowest BCUT2D eigenvalue weighted by Crippen LogP contribution is -1.73. The predicted octanol–water partition coefficient (Wildman–Crippen LogP) is 6.36. The number of benzene rings is 3. The molecule has 1 aromatic heterocycles. The van der Waals surface area contributed by atoms with Crippen LogP contribution in [-0.4, -0.2) is 0 Å². The molecule has 0 bridgehead atoms. The van der Waals surface area contributed by atoms with Crippen LogP contribution in [0.2, 0.25) is 0 Å². The van der Waals surface area contributed by atoms with Gasteiger partial charge in [-0.1, -0.05) is 66.2 Å². The van der Waals surface area contributed by atoms with Crippen LogP contribution < -0.4 is 0 Å². The topological polar surface area (TPSA) is 0 Å². The van der Waals surface area contributed by atoms with Gasteiger partial charge in [0.1, 0.15) is 0 Å². The SMILES string of the molecule is Cc1cc2ccccc2s1.Cc1ccc2ccccc2c1. The fraction of sp³-hybridized carbons (Fsp3) is 0.100. The number of hydrogen-bond donors (Lipinski definition) is 0. The van der Waals surface area contributed by atoms with E-state index in [2.05, 4.69) is 86.6 Å². The summed E-state index contributed by atoms with van der Waals surface area (Å²) >= 11 is 1.85. The summed E-state index contributed by atoms with van der Waals surface area (Å²) in [6.07, 6.45) is 0. The van der Waals surface area contributed by atoms with Gasteiger partial charge in [0.05, 0.1) is 0 Å². The van der Waals surface area contributed by atoms with Crippen molar-refractivity contribution in [1.29, 1.82) is 0 Å². The normalized spacial score (nSPS) is 10.4. The zero-order chi connectivity index (χ0) is 14.7. The number of hydrogen-bond acceptors (Lipinski definition) is 1. The Kier molecular flexibility index (Phi) is 4.03. The lowest BCUT2D eigenvalue weighted by molar-refractivity contribution is 1.51. The Morgan fingerprint density at radius 1 is 0.619 bits per heavy atom. The Morgan fingerprint density at radius 2 is 1.29 bits per heavy atom. The fourth-order valence-corrected chi connectivity index (χ4v) is 3.35. The van der Waals surface area contributed by atoms with Crippen LogP contribution in [0.1, 0.15) is 10.4 Å². The Balaban J connectivity index is 0.000000126. The molecule has 0 aliphatic carbocycles. The zero-order valence-electron chi connectivity index (χ0n) is 12.3. The van der Waals surface area contributed by atoms with Gasteiger partial charge in [-0.3, -0.25) is 0 Å². The van der Waals surface area contributed by atoms with Gasteiger partial charge in [0.15, 0.2) is 0 Å². The van der Waals surface area contributed by atoms with E-state index in [1.54, 1.807) is 0 Å². The van der Waals surface area contributed by atoms with Crippen LogP contribution >= 0.6 is 11.3 Å². The van der Waals surface area contributed by atoms with Gasteiger partial charge in [0, 0.05) is 9.58 Å². The number of fused-ring (bicyclic) bond motifs is 2. The van der Waals surface area contributed by atoms with E-state index in [4.69, 9.17) is 0 Å². The van der Waals surface area contributed by atoms with Crippen molar-refractivity contribution < 1.29 is 0 Å². The Hall–Kier alpha value is -2.12. The van der Waals surface area contributed by atoms with Gasteiger partial charge >= 0.3 is 0 Å². The predicted molar refractivity (Wildman–Crippen MR) is 95.2 cm³/mol. The van der Waals surface area contributed by atoms with Gasteiger partial charge in [-0.2, -0.15) is 0 Å². The smallest absolute Gasteiger partial charge is 0.0345 e. The van der Waals surface area contributed by atoms with Gasteiger partial charge < -0.3 is 0 Å². The highest BCUT2D eigenvalue weighted by atomic mass is 32.1. The molecule has 0 nitrogen and oxygen atoms in total. The van der Waals surface area contributed by atoms with Crippen LogP contribution in [0, 0.1) is 13.8 Å². The molecule has 0 aliphatic rings. The van der Waals surface area contributed by atoms with E-state index >= 15 is 0 Å². The van der Waals surface area contributed by atoms with Crippen molar-refractivity contribution in [1.82, 2.24) is 0 Å². The van der Waals surface area contributed by atoms with Crippen molar-refractivity contribution in [3.05, 3.63) is 83.2 Å². The van der Waals surface area contributed by atoms with Crippen molar-refractivity contribution in [3.63, 3.8) is 0 Å². The molecule has 4 rings (SSSR count). The van der Waals surface area contributed by atoms with Crippen LogP contribution in [-0.2, 0) is 0 Å². The first kappa shape index (κ1) is 13.8. The average Bonchev–Trinajstić information content (AvgIpc) is 2.88. The van der Waals surface area contributed by atoms with E-state index in [1.807, 2.05) is 11.3 Å². The molecule has 0 aliphatic heterocycles. The average molecular weight is 290 g/mol. The minimum atomic E-state index is 1.32. The molecule has 1 heteroatoms. The third kappa shape index (κ3) is 3.32. The minimum Gasteiger partial charge on any atom is -0.141 e. The van der Waals surface area contributed by atoms with E-state index in [0.29, 0.717) is 0 Å². The maximum atomic E-state index is 2.22. The molecule has 0 atom stereocenters. The lowest BCUT2D eigenvalue weighted by atomic mass is 10.1. The van der Waals surface area contributed by atoms with Crippen molar-refractivity contribution in [3.8, 4) is 0 Å². The molecule has 0 spiro atoms. The summed E-state index contributed by atoms with van der Waals surface area (Å²) in [5.74, 6) is 0. The van der Waals surface area contributed by atoms with Crippen molar-refractivity contribution in [2.24, 2.45) is 0 Å². The first-order valence-corrected chi connectivity index (χ1v) is 7.94. The van der Waals surface area contributed by atoms with Crippen LogP contribution in [0.5, 0.6) is 0 Å². The quantitative estimate of drug-likeness (QED) is 0.353. The molecule has 0 N–H and O–H groups in total. The first-order valence-electron chi connectivity index (χ1n) is 7.13. The van der Waals surface area contributed by atoms with Gasteiger partial charge in [0.2, 0.25) is 0 Å². The second-order valence-corrected chi connectivity index (χ2v) is 6.53. The molecule has 1 heterocycles. The summed E-state index contributed by atoms with van der Waals surface area (Å²) in [7, 11) is 0. The summed E-state index contributed by atoms with van der Waals surface area (Å²) < 4.78 is 1.39. The van der Waals surface area contributed by atoms with E-state index in [0.717, 1.165) is 0 Å². The highest BCUT2D eigenvalue weighted by Crippen LogP contribution is 2.23. The zero-order valence-corrected chi connectivity index (χ0v) is 13.2. The fourth-order valence-electron chi connectivity index (χ4n) is 2.42. The van der Waals surface area contributed by atoms with E-state index in [9.17, 15) is 0 Å². The van der Waals surface area contributed by atoms with Gasteiger partial charge in [-0.05, 0) is 42.1 Å². The Labute approximate surface area is 129 Å². The number of rotatable bonds is 0. The second kappa shape index (κ2) is 6.11. The monoisotopic (exact) mass is 290 g/mol.